The molecular formula is C28H41N3O4S. The van der Waals surface area contributed by atoms with Crippen LogP contribution in [0, 0.1) is 13.8 Å². The quantitative estimate of drug-likeness (QED) is 0.423. The first-order valence-electron chi connectivity index (χ1n) is 12.7. The van der Waals surface area contributed by atoms with Gasteiger partial charge in [0.2, 0.25) is 21.8 Å². The van der Waals surface area contributed by atoms with Crippen LogP contribution in [-0.2, 0) is 26.2 Å². The van der Waals surface area contributed by atoms with Crippen molar-refractivity contribution >= 4 is 27.5 Å². The second-order valence-electron chi connectivity index (χ2n) is 9.47. The molecule has 0 aromatic heterocycles. The number of carbonyl (C=O) groups excluding carboxylic acids is 2. The van der Waals surface area contributed by atoms with E-state index in [1.54, 1.807) is 17.0 Å². The highest BCUT2D eigenvalue weighted by Gasteiger charge is 2.29. The van der Waals surface area contributed by atoms with E-state index in [1.807, 2.05) is 71.0 Å². The lowest BCUT2D eigenvalue weighted by molar-refractivity contribution is -0.141. The maximum absolute atomic E-state index is 13.5. The molecule has 0 aliphatic heterocycles. The maximum Gasteiger partial charge on any atom is 0.243 e. The Labute approximate surface area is 216 Å². The van der Waals surface area contributed by atoms with Crippen LogP contribution >= 0.6 is 0 Å². The summed E-state index contributed by atoms with van der Waals surface area (Å²) in [4.78, 5) is 28.2. The van der Waals surface area contributed by atoms with Crippen molar-refractivity contribution in [3.8, 4) is 0 Å². The number of nitrogens with one attached hydrogen (secondary N) is 1. The fraction of sp³-hybridized carbons (Fsp3) is 0.500. The van der Waals surface area contributed by atoms with Gasteiger partial charge in [-0.05, 0) is 57.2 Å². The Hall–Kier alpha value is -2.87. The molecule has 2 aromatic rings. The topological polar surface area (TPSA) is 86.8 Å². The van der Waals surface area contributed by atoms with E-state index in [-0.39, 0.29) is 30.8 Å². The van der Waals surface area contributed by atoms with Crippen molar-refractivity contribution in [2.45, 2.75) is 78.9 Å². The zero-order valence-corrected chi connectivity index (χ0v) is 23.3. The summed E-state index contributed by atoms with van der Waals surface area (Å²) in [5, 5.41) is 3.01. The molecule has 0 radical (unpaired) electrons. The largest absolute Gasteiger partial charge is 0.352 e. The molecule has 2 amide bonds. The molecule has 0 aliphatic carbocycles. The first kappa shape index (κ1) is 29.4. The highest BCUT2D eigenvalue weighted by atomic mass is 32.2. The SMILES string of the molecule is CCC(C)NC(=O)C(CC)N(Cc1ccc(C)cc1)C(=O)CCCN(c1ccccc1C)S(C)(=O)=O. The summed E-state index contributed by atoms with van der Waals surface area (Å²) in [7, 11) is -3.52. The van der Waals surface area contributed by atoms with Crippen LogP contribution < -0.4 is 9.62 Å². The van der Waals surface area contributed by atoms with Gasteiger partial charge in [0.1, 0.15) is 6.04 Å². The summed E-state index contributed by atoms with van der Waals surface area (Å²) in [6.07, 6.45) is 2.94. The number of hydrogen-bond donors (Lipinski definition) is 1. The van der Waals surface area contributed by atoms with E-state index < -0.39 is 16.1 Å². The lowest BCUT2D eigenvalue weighted by Gasteiger charge is -2.32. The Kier molecular flexibility index (Phi) is 11.0. The molecule has 0 fully saturated rings. The highest BCUT2D eigenvalue weighted by molar-refractivity contribution is 7.92. The Balaban J connectivity index is 2.23. The third-order valence-corrected chi connectivity index (χ3v) is 7.58. The summed E-state index contributed by atoms with van der Waals surface area (Å²) >= 11 is 0. The molecule has 2 atom stereocenters. The molecule has 0 aliphatic rings. The molecule has 2 rings (SSSR count). The molecule has 7 nitrogen and oxygen atoms in total. The van der Waals surface area contributed by atoms with Crippen LogP contribution in [0.1, 0.15) is 63.1 Å². The lowest BCUT2D eigenvalue weighted by Crippen LogP contribution is -2.50. The van der Waals surface area contributed by atoms with Crippen LogP contribution in [0.4, 0.5) is 5.69 Å². The molecule has 0 saturated carbocycles. The third-order valence-electron chi connectivity index (χ3n) is 6.40. The first-order chi connectivity index (χ1) is 17.0. The van der Waals surface area contributed by atoms with Gasteiger partial charge >= 0.3 is 0 Å². The maximum atomic E-state index is 13.5. The van der Waals surface area contributed by atoms with Gasteiger partial charge < -0.3 is 10.2 Å². The van der Waals surface area contributed by atoms with Crippen LogP contribution in [0.15, 0.2) is 48.5 Å². The molecule has 36 heavy (non-hydrogen) atoms. The molecule has 0 spiro atoms. The van der Waals surface area contributed by atoms with E-state index in [0.29, 0.717) is 25.1 Å². The van der Waals surface area contributed by atoms with Gasteiger partial charge in [-0.25, -0.2) is 8.42 Å². The zero-order valence-electron chi connectivity index (χ0n) is 22.5. The minimum Gasteiger partial charge on any atom is -0.352 e. The van der Waals surface area contributed by atoms with E-state index in [1.165, 1.54) is 10.6 Å². The van der Waals surface area contributed by atoms with Gasteiger partial charge in [0.25, 0.3) is 0 Å². The fourth-order valence-corrected chi connectivity index (χ4v) is 5.10. The number of nitrogens with zero attached hydrogens (tertiary/aromatic N) is 2. The number of hydrogen-bond acceptors (Lipinski definition) is 4. The van der Waals surface area contributed by atoms with Crippen molar-refractivity contribution < 1.29 is 18.0 Å². The number of anilines is 1. The number of amides is 2. The number of rotatable bonds is 13. The molecule has 0 heterocycles. The van der Waals surface area contributed by atoms with Gasteiger partial charge in [0.05, 0.1) is 11.9 Å². The van der Waals surface area contributed by atoms with Gasteiger partial charge in [0.15, 0.2) is 0 Å². The molecule has 1 N–H and O–H groups in total. The molecule has 0 saturated heterocycles. The van der Waals surface area contributed by atoms with Crippen molar-refractivity contribution in [3.05, 3.63) is 65.2 Å². The Morgan fingerprint density at radius 1 is 0.972 bits per heavy atom. The fourth-order valence-electron chi connectivity index (χ4n) is 4.08. The van der Waals surface area contributed by atoms with Crippen LogP contribution in [0.3, 0.4) is 0 Å². The minimum absolute atomic E-state index is 0.0142. The second-order valence-corrected chi connectivity index (χ2v) is 11.4. The highest BCUT2D eigenvalue weighted by Crippen LogP contribution is 2.23. The summed E-state index contributed by atoms with van der Waals surface area (Å²) in [5.74, 6) is -0.329. The number of benzene rings is 2. The van der Waals surface area contributed by atoms with Crippen LogP contribution in [0.2, 0.25) is 0 Å². The average Bonchev–Trinajstić information content (AvgIpc) is 2.82. The van der Waals surface area contributed by atoms with Crippen molar-refractivity contribution in [1.82, 2.24) is 10.2 Å². The van der Waals surface area contributed by atoms with E-state index in [4.69, 9.17) is 0 Å². The smallest absolute Gasteiger partial charge is 0.243 e. The minimum atomic E-state index is -3.52. The first-order valence-corrected chi connectivity index (χ1v) is 14.5. The number of carbonyl (C=O) groups is 2. The van der Waals surface area contributed by atoms with Gasteiger partial charge in [-0.3, -0.25) is 13.9 Å². The second kappa shape index (κ2) is 13.4. The monoisotopic (exact) mass is 515 g/mol. The Morgan fingerprint density at radius 3 is 2.17 bits per heavy atom. The summed E-state index contributed by atoms with van der Waals surface area (Å²) in [6.45, 7) is 10.2. The predicted octanol–water partition coefficient (Wildman–Crippen LogP) is 4.57. The van der Waals surface area contributed by atoms with Crippen molar-refractivity contribution in [3.63, 3.8) is 0 Å². The molecular weight excluding hydrogens is 474 g/mol. The van der Waals surface area contributed by atoms with Crippen LogP contribution in [-0.4, -0.2) is 50.0 Å². The Bertz CT molecular complexity index is 1120. The summed E-state index contributed by atoms with van der Waals surface area (Å²) in [6, 6.07) is 14.6. The van der Waals surface area contributed by atoms with Crippen LogP contribution in [0.5, 0.6) is 0 Å². The van der Waals surface area contributed by atoms with Crippen molar-refractivity contribution in [2.24, 2.45) is 0 Å². The normalized spacial score (nSPS) is 13.1. The molecule has 8 heteroatoms. The standard InChI is InChI=1S/C28H41N3O4S/c1-7-23(5)29-28(33)25(8-2)30(20-24-17-15-21(3)16-18-24)27(32)14-11-19-31(36(6,34)35)26-13-10-9-12-22(26)4/h9-10,12-13,15-18,23,25H,7-8,11,14,19-20H2,1-6H3,(H,29,33). The Morgan fingerprint density at radius 2 is 1.61 bits per heavy atom. The molecule has 2 aromatic carbocycles. The van der Waals surface area contributed by atoms with Gasteiger partial charge in [0, 0.05) is 25.6 Å². The van der Waals surface area contributed by atoms with Crippen molar-refractivity contribution in [2.75, 3.05) is 17.1 Å². The third kappa shape index (κ3) is 8.36. The average molecular weight is 516 g/mol. The zero-order chi connectivity index (χ0) is 26.9. The number of para-hydroxylation sites is 1. The molecule has 198 valence electrons. The van der Waals surface area contributed by atoms with E-state index in [0.717, 1.165) is 23.1 Å². The van der Waals surface area contributed by atoms with Crippen LogP contribution in [0.25, 0.3) is 0 Å². The van der Waals surface area contributed by atoms with Crippen molar-refractivity contribution in [1.29, 1.82) is 0 Å². The van der Waals surface area contributed by atoms with E-state index in [2.05, 4.69) is 5.32 Å². The number of aryl methyl sites for hydroxylation is 2. The number of sulfonamides is 1. The van der Waals surface area contributed by atoms with Gasteiger partial charge in [-0.1, -0.05) is 61.9 Å². The predicted molar refractivity (Wildman–Crippen MR) is 146 cm³/mol. The molecule has 2 unspecified atom stereocenters. The molecule has 0 bridgehead atoms. The summed E-state index contributed by atoms with van der Waals surface area (Å²) in [5.41, 5.74) is 3.53. The lowest BCUT2D eigenvalue weighted by atomic mass is 10.1. The van der Waals surface area contributed by atoms with E-state index in [9.17, 15) is 18.0 Å². The summed E-state index contributed by atoms with van der Waals surface area (Å²) < 4.78 is 26.4. The van der Waals surface area contributed by atoms with Gasteiger partial charge in [-0.15, -0.1) is 0 Å². The van der Waals surface area contributed by atoms with Gasteiger partial charge in [-0.2, -0.15) is 0 Å². The van der Waals surface area contributed by atoms with E-state index >= 15 is 0 Å².